The Hall–Kier alpha value is -5.33. The Labute approximate surface area is 311 Å². The van der Waals surface area contributed by atoms with Crippen molar-refractivity contribution in [3.63, 3.8) is 0 Å². The smallest absolute Gasteiger partial charge is 0.246 e. The molecule has 4 heterocycles. The van der Waals surface area contributed by atoms with Crippen molar-refractivity contribution in [2.75, 3.05) is 45.4 Å². The maximum atomic E-state index is 15.1. The van der Waals surface area contributed by atoms with Crippen LogP contribution in [0, 0.1) is 11.6 Å². The molecule has 12 heteroatoms. The van der Waals surface area contributed by atoms with Crippen molar-refractivity contribution in [1.82, 2.24) is 19.7 Å². The summed E-state index contributed by atoms with van der Waals surface area (Å²) >= 11 is 1.52. The Morgan fingerprint density at radius 2 is 1.92 bits per heavy atom. The van der Waals surface area contributed by atoms with Crippen LogP contribution in [0.15, 0.2) is 73.2 Å². The third-order valence-corrected chi connectivity index (χ3v) is 10.5. The summed E-state index contributed by atoms with van der Waals surface area (Å²) in [5.41, 5.74) is 6.75. The van der Waals surface area contributed by atoms with Crippen molar-refractivity contribution < 1.29 is 27.8 Å². The predicted octanol–water partition coefficient (Wildman–Crippen LogP) is 8.06. The maximum absolute atomic E-state index is 15.1. The monoisotopic (exact) mass is 737 g/mol. The van der Waals surface area contributed by atoms with Crippen molar-refractivity contribution in [3.8, 4) is 34.0 Å². The average molecular weight is 738 g/mol. The fourth-order valence-corrected chi connectivity index (χ4v) is 7.86. The van der Waals surface area contributed by atoms with Gasteiger partial charge in [-0.15, -0.1) is 16.4 Å². The highest BCUT2D eigenvalue weighted by molar-refractivity contribution is 7.17. The van der Waals surface area contributed by atoms with E-state index in [2.05, 4.69) is 18.3 Å². The van der Waals surface area contributed by atoms with Crippen LogP contribution in [0.3, 0.4) is 0 Å². The molecule has 7 rings (SSSR count). The highest BCUT2D eigenvalue weighted by Gasteiger charge is 2.30. The molecule has 1 aliphatic heterocycles. The normalized spacial score (nSPS) is 13.9. The van der Waals surface area contributed by atoms with Gasteiger partial charge in [-0.05, 0) is 53.3 Å². The molecule has 1 aliphatic carbocycles. The number of carbonyl (C=O) groups is 1. The Balaban J connectivity index is 1.04. The minimum Gasteiger partial charge on any atom is -0.489 e. The molecule has 9 nitrogen and oxygen atoms in total. The largest absolute Gasteiger partial charge is 0.489 e. The van der Waals surface area contributed by atoms with Crippen LogP contribution < -0.4 is 14.4 Å². The zero-order chi connectivity index (χ0) is 37.2. The van der Waals surface area contributed by atoms with Gasteiger partial charge in [0.2, 0.25) is 11.8 Å². The number of amides is 1. The summed E-state index contributed by atoms with van der Waals surface area (Å²) < 4.78 is 50.5. The zero-order valence-corrected chi connectivity index (χ0v) is 30.8. The fraction of sp³-hybridized carbons (Fsp3) is 0.293. The van der Waals surface area contributed by atoms with Gasteiger partial charge in [0.15, 0.2) is 0 Å². The van der Waals surface area contributed by atoms with E-state index in [0.29, 0.717) is 67.7 Å². The lowest BCUT2D eigenvalue weighted by Crippen LogP contribution is -2.37. The van der Waals surface area contributed by atoms with Crippen LogP contribution in [-0.2, 0) is 29.0 Å². The van der Waals surface area contributed by atoms with Crippen molar-refractivity contribution in [1.29, 1.82) is 0 Å². The molecule has 0 radical (unpaired) electrons. The third-order valence-electron chi connectivity index (χ3n) is 9.54. The summed E-state index contributed by atoms with van der Waals surface area (Å²) in [5, 5.41) is 7.41. The van der Waals surface area contributed by atoms with Gasteiger partial charge in [0, 0.05) is 77.7 Å². The summed E-state index contributed by atoms with van der Waals surface area (Å²) in [6.45, 7) is 12.4. The van der Waals surface area contributed by atoms with Crippen LogP contribution in [-0.4, -0.2) is 72.1 Å². The van der Waals surface area contributed by atoms with E-state index in [4.69, 9.17) is 19.2 Å². The second-order valence-corrected chi connectivity index (χ2v) is 14.1. The molecule has 5 aromatic rings. The summed E-state index contributed by atoms with van der Waals surface area (Å²) in [5.74, 6) is -0.104. The quantitative estimate of drug-likeness (QED) is 0.0636. The van der Waals surface area contributed by atoms with E-state index >= 15 is 4.39 Å². The van der Waals surface area contributed by atoms with E-state index in [1.807, 2.05) is 72.4 Å². The Morgan fingerprint density at radius 1 is 1.09 bits per heavy atom. The molecule has 2 aromatic carbocycles. The van der Waals surface area contributed by atoms with E-state index in [9.17, 15) is 9.18 Å². The minimum absolute atomic E-state index is 0.0939. The number of rotatable bonds is 14. The molecule has 0 saturated carbocycles. The number of halogens is 2. The summed E-state index contributed by atoms with van der Waals surface area (Å²) in [4.78, 5) is 20.9. The first-order valence-corrected chi connectivity index (χ1v) is 18.4. The number of ether oxygens (including phenoxy) is 3. The summed E-state index contributed by atoms with van der Waals surface area (Å²) in [7, 11) is 3.93. The fourth-order valence-electron chi connectivity index (χ4n) is 6.89. The topological polar surface area (TPSA) is 82.0 Å². The summed E-state index contributed by atoms with van der Waals surface area (Å²) in [6, 6.07) is 10.2. The number of benzene rings is 2. The Bertz CT molecular complexity index is 2240. The van der Waals surface area contributed by atoms with Crippen LogP contribution in [0.1, 0.15) is 35.9 Å². The molecular formula is C41H41F2N5O4S. The number of nitrogens with zero attached hydrogens (tertiary/aromatic N) is 5. The van der Waals surface area contributed by atoms with Gasteiger partial charge in [-0.2, -0.15) is 0 Å². The number of anilines is 1. The molecule has 2 aliphatic rings. The van der Waals surface area contributed by atoms with Crippen molar-refractivity contribution >= 4 is 39.1 Å². The number of hydrogen-bond acceptors (Lipinski definition) is 8. The molecule has 0 N–H and O–H groups in total. The van der Waals surface area contributed by atoms with Gasteiger partial charge in [0.25, 0.3) is 0 Å². The second kappa shape index (κ2) is 15.3. The van der Waals surface area contributed by atoms with E-state index in [-0.39, 0.29) is 18.6 Å². The molecule has 53 heavy (non-hydrogen) atoms. The van der Waals surface area contributed by atoms with E-state index in [0.717, 1.165) is 56.3 Å². The van der Waals surface area contributed by atoms with E-state index in [1.165, 1.54) is 23.5 Å². The molecule has 1 amide bonds. The lowest BCUT2D eigenvalue weighted by atomic mass is 9.99. The molecule has 3 aromatic heterocycles. The van der Waals surface area contributed by atoms with Crippen molar-refractivity contribution in [2.24, 2.45) is 0 Å². The van der Waals surface area contributed by atoms with Crippen molar-refractivity contribution in [2.45, 2.75) is 39.0 Å². The first kappa shape index (κ1) is 36.0. The molecule has 0 fully saturated rings. The average Bonchev–Trinajstić information content (AvgIpc) is 3.89. The molecule has 0 unspecified atom stereocenters. The summed E-state index contributed by atoms with van der Waals surface area (Å²) in [6.07, 6.45) is 7.85. The van der Waals surface area contributed by atoms with Crippen LogP contribution in [0.4, 0.5) is 14.5 Å². The number of thiophene rings is 1. The number of fused-ring (bicyclic) bond motifs is 6. The first-order chi connectivity index (χ1) is 25.7. The van der Waals surface area contributed by atoms with Crippen molar-refractivity contribution in [3.05, 3.63) is 107 Å². The molecule has 0 saturated heterocycles. The van der Waals surface area contributed by atoms with Gasteiger partial charge in [0.1, 0.15) is 30.1 Å². The maximum Gasteiger partial charge on any atom is 0.246 e. The predicted molar refractivity (Wildman–Crippen MR) is 206 cm³/mol. The SMILES string of the molecule is C=CC(=O)N1CCn2nc(O[C@@H](CC)COC/C=C/COc3cc(N(C)C)c(C=C)cc3-c3nc4c(c5sccc35)-c3c(F)cc(F)cc3C4)cc2C1. The number of carbonyl (C=O) groups excluding carboxylic acids is 1. The number of hydrogen-bond donors (Lipinski definition) is 0. The molecular weight excluding hydrogens is 697 g/mol. The van der Waals surface area contributed by atoms with Gasteiger partial charge >= 0.3 is 0 Å². The van der Waals surface area contributed by atoms with Gasteiger partial charge in [0.05, 0.1) is 43.4 Å². The number of pyridine rings is 1. The van der Waals surface area contributed by atoms with Gasteiger partial charge in [-0.3, -0.25) is 14.5 Å². The molecule has 0 spiro atoms. The molecule has 274 valence electrons. The second-order valence-electron chi connectivity index (χ2n) is 13.2. The first-order valence-electron chi connectivity index (χ1n) is 17.6. The highest BCUT2D eigenvalue weighted by atomic mass is 32.1. The van der Waals surface area contributed by atoms with Crippen LogP contribution in [0.25, 0.3) is 38.5 Å². The Morgan fingerprint density at radius 3 is 2.70 bits per heavy atom. The zero-order valence-electron chi connectivity index (χ0n) is 30.0. The Kier molecular flexibility index (Phi) is 10.4. The van der Waals surface area contributed by atoms with Crippen LogP contribution in [0.2, 0.25) is 0 Å². The van der Waals surface area contributed by atoms with E-state index in [1.54, 1.807) is 11.0 Å². The van der Waals surface area contributed by atoms with Gasteiger partial charge < -0.3 is 24.0 Å². The molecule has 0 bridgehead atoms. The lowest BCUT2D eigenvalue weighted by molar-refractivity contribution is -0.127. The van der Waals surface area contributed by atoms with Gasteiger partial charge in [-0.1, -0.05) is 32.2 Å². The number of aromatic nitrogens is 3. The standard InChI is InChI=1S/C41H41F2N5O4S/c1-6-25-18-31(40-30-11-16-53-41(30)39-33(44-40)19-26-17-27(42)20-32(43)38(26)39)35(22-34(25)46(4)5)51-15-10-9-14-50-24-29(7-2)52-36-21-28-23-47(37(49)8-3)12-13-48(28)45-36/h6,8-11,16-18,20-22,29H,1,3,7,12-15,19,23-24H2,2,4-5H3/b10-9+/t29-/m0/s1. The third kappa shape index (κ3) is 7.21. The van der Waals surface area contributed by atoms with Crippen LogP contribution >= 0.6 is 11.3 Å². The van der Waals surface area contributed by atoms with Gasteiger partial charge in [-0.25, -0.2) is 8.78 Å². The lowest BCUT2D eigenvalue weighted by Gasteiger charge is -2.26. The van der Waals surface area contributed by atoms with E-state index < -0.39 is 11.6 Å². The van der Waals surface area contributed by atoms with Crippen LogP contribution in [0.5, 0.6) is 11.6 Å². The molecule has 1 atom stereocenters. The highest BCUT2D eigenvalue weighted by Crippen LogP contribution is 2.48. The minimum atomic E-state index is -0.594.